The number of carbonyl (C=O) groups is 1. The zero-order chi connectivity index (χ0) is 20.9. The summed E-state index contributed by atoms with van der Waals surface area (Å²) in [6.45, 7) is 2.93. The molecule has 0 spiro atoms. The molecule has 0 aromatic heterocycles. The van der Waals surface area contributed by atoms with Crippen molar-refractivity contribution >= 4 is 15.9 Å². The zero-order valence-corrected chi connectivity index (χ0v) is 17.4. The van der Waals surface area contributed by atoms with Crippen molar-refractivity contribution in [1.29, 1.82) is 0 Å². The molecule has 0 radical (unpaired) electrons. The molecule has 0 aliphatic carbocycles. The summed E-state index contributed by atoms with van der Waals surface area (Å²) in [7, 11) is -2.08. The maximum Gasteiger partial charge on any atom is 0.260 e. The van der Waals surface area contributed by atoms with Crippen molar-refractivity contribution < 1.29 is 22.7 Å². The van der Waals surface area contributed by atoms with E-state index < -0.39 is 10.0 Å². The second-order valence-corrected chi connectivity index (χ2v) is 8.77. The van der Waals surface area contributed by atoms with Gasteiger partial charge in [-0.15, -0.1) is 0 Å². The molecule has 1 amide bonds. The molecule has 0 atom stereocenters. The summed E-state index contributed by atoms with van der Waals surface area (Å²) in [5.74, 6) is 1.17. The first-order valence-electron chi connectivity index (χ1n) is 9.51. The number of ether oxygens (including phenoxy) is 2. The molecular weight excluding hydrogens is 392 g/mol. The number of aryl methyl sites for hydroxylation is 1. The molecule has 0 saturated carbocycles. The fourth-order valence-corrected chi connectivity index (χ4v) is 4.54. The highest BCUT2D eigenvalue weighted by atomic mass is 32.2. The summed E-state index contributed by atoms with van der Waals surface area (Å²) < 4.78 is 38.5. The third kappa shape index (κ3) is 5.71. The standard InChI is InChI=1S/C21H26N2O5S/c1-16-4-3-5-19(14-16)28-15-21(24)23-12-10-17(11-13-23)22-29(25,26)20-8-6-18(27-2)7-9-20/h3-9,14,17,22H,10-13,15H2,1-2H3. The number of sulfonamides is 1. The zero-order valence-electron chi connectivity index (χ0n) is 16.6. The Labute approximate surface area is 171 Å². The maximum absolute atomic E-state index is 12.5. The minimum atomic E-state index is -3.61. The second-order valence-electron chi connectivity index (χ2n) is 7.06. The highest BCUT2D eigenvalue weighted by molar-refractivity contribution is 7.89. The summed E-state index contributed by atoms with van der Waals surface area (Å²) in [6, 6.07) is 13.6. The van der Waals surface area contributed by atoms with Crippen molar-refractivity contribution in [3.8, 4) is 11.5 Å². The fourth-order valence-electron chi connectivity index (χ4n) is 3.23. The molecule has 2 aromatic rings. The molecule has 7 nitrogen and oxygen atoms in total. The van der Waals surface area contributed by atoms with E-state index >= 15 is 0 Å². The van der Waals surface area contributed by atoms with Crippen molar-refractivity contribution in [2.75, 3.05) is 26.8 Å². The van der Waals surface area contributed by atoms with Crippen LogP contribution in [-0.2, 0) is 14.8 Å². The molecule has 29 heavy (non-hydrogen) atoms. The minimum absolute atomic E-state index is 0.0221. The van der Waals surface area contributed by atoms with Gasteiger partial charge in [-0.25, -0.2) is 13.1 Å². The number of benzene rings is 2. The van der Waals surface area contributed by atoms with Crippen LogP contribution in [0.3, 0.4) is 0 Å². The number of nitrogens with one attached hydrogen (secondary N) is 1. The van der Waals surface area contributed by atoms with E-state index in [0.29, 0.717) is 37.4 Å². The Hall–Kier alpha value is -2.58. The summed E-state index contributed by atoms with van der Waals surface area (Å²) in [5.41, 5.74) is 1.07. The Kier molecular flexibility index (Phi) is 6.76. The molecule has 1 aliphatic heterocycles. The lowest BCUT2D eigenvalue weighted by Gasteiger charge is -2.32. The third-order valence-electron chi connectivity index (χ3n) is 4.89. The lowest BCUT2D eigenvalue weighted by molar-refractivity contribution is -0.134. The highest BCUT2D eigenvalue weighted by Crippen LogP contribution is 2.18. The molecule has 1 aliphatic rings. The number of likely N-dealkylation sites (tertiary alicyclic amines) is 1. The van der Waals surface area contributed by atoms with Gasteiger partial charge in [0.25, 0.3) is 5.91 Å². The van der Waals surface area contributed by atoms with Gasteiger partial charge >= 0.3 is 0 Å². The topological polar surface area (TPSA) is 84.9 Å². The predicted octanol–water partition coefficient (Wildman–Crippen LogP) is 2.35. The van der Waals surface area contributed by atoms with Crippen molar-refractivity contribution in [1.82, 2.24) is 9.62 Å². The van der Waals surface area contributed by atoms with Crippen molar-refractivity contribution in [3.63, 3.8) is 0 Å². The highest BCUT2D eigenvalue weighted by Gasteiger charge is 2.27. The monoisotopic (exact) mass is 418 g/mol. The van der Waals surface area contributed by atoms with E-state index in [1.807, 2.05) is 31.2 Å². The minimum Gasteiger partial charge on any atom is -0.497 e. The molecule has 0 bridgehead atoms. The molecule has 1 saturated heterocycles. The van der Waals surface area contributed by atoms with E-state index in [9.17, 15) is 13.2 Å². The molecule has 8 heteroatoms. The number of rotatable bonds is 7. The average Bonchev–Trinajstić information content (AvgIpc) is 2.72. The van der Waals surface area contributed by atoms with Crippen LogP contribution in [0.2, 0.25) is 0 Å². The van der Waals surface area contributed by atoms with Gasteiger partial charge in [0.1, 0.15) is 11.5 Å². The van der Waals surface area contributed by atoms with Crippen LogP contribution < -0.4 is 14.2 Å². The summed E-state index contributed by atoms with van der Waals surface area (Å²) in [6.07, 6.45) is 1.12. The molecular formula is C21H26N2O5S. The van der Waals surface area contributed by atoms with Gasteiger partial charge in [-0.2, -0.15) is 0 Å². The van der Waals surface area contributed by atoms with Crippen molar-refractivity contribution in [2.45, 2.75) is 30.7 Å². The van der Waals surface area contributed by atoms with Gasteiger partial charge < -0.3 is 14.4 Å². The first-order valence-corrected chi connectivity index (χ1v) is 11.0. The Balaban J connectivity index is 1.48. The molecule has 1 fully saturated rings. The number of hydrogen-bond acceptors (Lipinski definition) is 5. The largest absolute Gasteiger partial charge is 0.497 e. The van der Waals surface area contributed by atoms with Crippen LogP contribution in [0.25, 0.3) is 0 Å². The van der Waals surface area contributed by atoms with Gasteiger partial charge in [0.15, 0.2) is 6.61 Å². The fraction of sp³-hybridized carbons (Fsp3) is 0.381. The molecule has 0 unspecified atom stereocenters. The lowest BCUT2D eigenvalue weighted by atomic mass is 10.1. The van der Waals surface area contributed by atoms with E-state index in [1.54, 1.807) is 17.0 Å². The Morgan fingerprint density at radius 1 is 1.10 bits per heavy atom. The number of methoxy groups -OCH3 is 1. The third-order valence-corrected chi connectivity index (χ3v) is 6.43. The van der Waals surface area contributed by atoms with Gasteiger partial charge in [0.2, 0.25) is 10.0 Å². The molecule has 3 rings (SSSR count). The van der Waals surface area contributed by atoms with Crippen molar-refractivity contribution in [3.05, 3.63) is 54.1 Å². The number of amides is 1. The quantitative estimate of drug-likeness (QED) is 0.746. The normalized spacial score (nSPS) is 15.2. The van der Waals surface area contributed by atoms with Crippen LogP contribution in [0.15, 0.2) is 53.4 Å². The maximum atomic E-state index is 12.5. The van der Waals surface area contributed by atoms with E-state index in [2.05, 4.69) is 4.72 Å². The summed E-state index contributed by atoms with van der Waals surface area (Å²) in [4.78, 5) is 14.3. The predicted molar refractivity (Wildman–Crippen MR) is 110 cm³/mol. The molecule has 156 valence electrons. The van der Waals surface area contributed by atoms with Crippen LogP contribution in [0.1, 0.15) is 18.4 Å². The van der Waals surface area contributed by atoms with Gasteiger partial charge in [0, 0.05) is 19.1 Å². The SMILES string of the molecule is COc1ccc(S(=O)(=O)NC2CCN(C(=O)COc3cccc(C)c3)CC2)cc1. The van der Waals surface area contributed by atoms with Gasteiger partial charge in [0.05, 0.1) is 12.0 Å². The molecule has 1 N–H and O–H groups in total. The molecule has 1 heterocycles. The van der Waals surface area contributed by atoms with E-state index in [4.69, 9.17) is 9.47 Å². The number of nitrogens with zero attached hydrogens (tertiary/aromatic N) is 1. The first-order chi connectivity index (χ1) is 13.9. The molecule has 2 aromatic carbocycles. The first kappa shape index (κ1) is 21.1. The van der Waals surface area contributed by atoms with E-state index in [0.717, 1.165) is 5.56 Å². The van der Waals surface area contributed by atoms with E-state index in [1.165, 1.54) is 19.2 Å². The van der Waals surface area contributed by atoms with Crippen LogP contribution in [0.4, 0.5) is 0 Å². The van der Waals surface area contributed by atoms with Crippen molar-refractivity contribution in [2.24, 2.45) is 0 Å². The van der Waals surface area contributed by atoms with E-state index in [-0.39, 0.29) is 23.5 Å². The Bertz CT molecular complexity index is 936. The van der Waals surface area contributed by atoms with Gasteiger partial charge in [-0.3, -0.25) is 4.79 Å². The number of hydrogen-bond donors (Lipinski definition) is 1. The van der Waals surface area contributed by atoms with Gasteiger partial charge in [-0.05, 0) is 61.7 Å². The number of carbonyl (C=O) groups excluding carboxylic acids is 1. The van der Waals surface area contributed by atoms with Gasteiger partial charge in [-0.1, -0.05) is 12.1 Å². The summed E-state index contributed by atoms with van der Waals surface area (Å²) >= 11 is 0. The van der Waals surface area contributed by atoms with Crippen LogP contribution in [0, 0.1) is 6.92 Å². The van der Waals surface area contributed by atoms with Crippen LogP contribution >= 0.6 is 0 Å². The second kappa shape index (κ2) is 9.28. The smallest absolute Gasteiger partial charge is 0.260 e. The lowest BCUT2D eigenvalue weighted by Crippen LogP contribution is -2.47. The Morgan fingerprint density at radius 3 is 2.41 bits per heavy atom. The van der Waals surface area contributed by atoms with Crippen LogP contribution in [0.5, 0.6) is 11.5 Å². The summed E-state index contributed by atoms with van der Waals surface area (Å²) in [5, 5.41) is 0. The van der Waals surface area contributed by atoms with Crippen LogP contribution in [-0.4, -0.2) is 52.1 Å². The number of piperidine rings is 1. The average molecular weight is 419 g/mol. The Morgan fingerprint density at radius 2 is 1.79 bits per heavy atom.